The van der Waals surface area contributed by atoms with Crippen LogP contribution in [0, 0.1) is 13.8 Å². The zero-order chi connectivity index (χ0) is 54.3. The van der Waals surface area contributed by atoms with Crippen LogP contribution in [0.3, 0.4) is 0 Å². The Morgan fingerprint density at radius 1 is 0.289 bits per heavy atom. The maximum absolute atomic E-state index is 12.3. The zero-order valence-corrected chi connectivity index (χ0v) is 47.8. The molecule has 10 nitrogen and oxygen atoms in total. The van der Waals surface area contributed by atoms with E-state index in [0.29, 0.717) is 15.9 Å². The fraction of sp³-hybridized carbons (Fsp3) is 0.100. The van der Waals surface area contributed by atoms with Gasteiger partial charge in [0.1, 0.15) is 5.75 Å². The van der Waals surface area contributed by atoms with E-state index in [1.165, 1.54) is 97.6 Å². The first-order chi connectivity index (χ1) is 36.6. The van der Waals surface area contributed by atoms with E-state index in [2.05, 4.69) is 190 Å². The molecule has 9 rings (SSSR count). The molecule has 0 spiro atoms. The van der Waals surface area contributed by atoms with Crippen LogP contribution in [-0.4, -0.2) is 53.7 Å². The molecule has 9 aromatic rings. The molecule has 0 N–H and O–H groups in total. The molecule has 0 aliphatic rings. The monoisotopic (exact) mass is 1130 g/mol. The van der Waals surface area contributed by atoms with Gasteiger partial charge in [-0.1, -0.05) is 194 Å². The molecule has 0 fully saturated rings. The lowest BCUT2D eigenvalue weighted by Gasteiger charge is -2.21. The van der Waals surface area contributed by atoms with Gasteiger partial charge in [0.05, 0.1) is 43.1 Å². The minimum atomic E-state index is -4.01. The number of hydrogen-bond acceptors (Lipinski definition) is 10. The Morgan fingerprint density at radius 2 is 0.566 bits per heavy atom. The highest BCUT2D eigenvalue weighted by molar-refractivity contribution is 7.87. The number of methoxy groups -OCH3 is 1. The molecule has 0 aliphatic carbocycles. The van der Waals surface area contributed by atoms with E-state index >= 15 is 0 Å². The van der Waals surface area contributed by atoms with Gasteiger partial charge in [-0.25, -0.2) is 0 Å². The number of aryl methyl sites for hydroxylation is 2. The molecule has 0 unspecified atom stereocenters. The van der Waals surface area contributed by atoms with Gasteiger partial charge in [0, 0.05) is 0 Å². The molecule has 0 aliphatic heterocycles. The molecule has 0 heterocycles. The van der Waals surface area contributed by atoms with E-state index in [1.807, 2.05) is 0 Å². The summed E-state index contributed by atoms with van der Waals surface area (Å²) in [5.74, 6) is 0.944. The van der Waals surface area contributed by atoms with Gasteiger partial charge in [0.15, 0.2) is 0 Å². The molecule has 0 saturated carbocycles. The Hall–Kier alpha value is -6.20. The molecule has 0 radical (unpaired) electrons. The van der Waals surface area contributed by atoms with E-state index in [1.54, 1.807) is 25.3 Å². The molecule has 76 heavy (non-hydrogen) atoms. The van der Waals surface area contributed by atoms with Crippen molar-refractivity contribution in [2.24, 2.45) is 0 Å². The van der Waals surface area contributed by atoms with Crippen LogP contribution in [0.15, 0.2) is 251 Å². The van der Waals surface area contributed by atoms with Crippen LogP contribution in [0.1, 0.15) is 11.1 Å². The first kappa shape index (κ1) is 57.5. The van der Waals surface area contributed by atoms with E-state index in [0.717, 1.165) is 27.1 Å². The third kappa shape index (κ3) is 14.6. The third-order valence-corrected chi connectivity index (χ3v) is 22.7. The highest BCUT2D eigenvalue weighted by Crippen LogP contribution is 2.37. The standard InChI is InChI=1S/C21H21O9PS3.C20H19OP.C19H17P/c1-28-32(22,23)19-10-4-7-16(13-19)31(17-8-5-11-20(14-17)33(24,25)29-2)18-9-6-12-21(15-18)34(26,27)30-3;1-16-15-19(13-14-20(16)21-2)22(17-9-5-3-6-10-17)18-11-7-4-8-12-18;1-16-9-8-14-19(15-16)20(17-10-4-2-5-11-17)18-12-6-3-7-13-18/h4-15H,1-3H3;3-15H,1-2H3;2-15H,1H3. The van der Waals surface area contributed by atoms with Crippen molar-refractivity contribution in [1.82, 2.24) is 0 Å². The highest BCUT2D eigenvalue weighted by atomic mass is 32.2. The highest BCUT2D eigenvalue weighted by Gasteiger charge is 2.25. The Balaban J connectivity index is 0.000000174. The molecule has 0 aromatic heterocycles. The molecular formula is C60H57O10P3S3. The van der Waals surface area contributed by atoms with E-state index in [4.69, 9.17) is 4.74 Å². The summed E-state index contributed by atoms with van der Waals surface area (Å²) in [6, 6.07) is 76.5. The first-order valence-electron chi connectivity index (χ1n) is 23.6. The Morgan fingerprint density at radius 3 is 0.855 bits per heavy atom. The van der Waals surface area contributed by atoms with E-state index in [9.17, 15) is 25.3 Å². The van der Waals surface area contributed by atoms with Gasteiger partial charge >= 0.3 is 0 Å². The predicted octanol–water partition coefficient (Wildman–Crippen LogP) is 8.97. The number of ether oxygens (including phenoxy) is 1. The summed E-state index contributed by atoms with van der Waals surface area (Å²) in [5.41, 5.74) is 2.50. The van der Waals surface area contributed by atoms with Crippen molar-refractivity contribution >= 4 is 102 Å². The second-order valence-electron chi connectivity index (χ2n) is 16.7. The average molecular weight is 1130 g/mol. The lowest BCUT2D eigenvalue weighted by Crippen LogP contribution is -2.23. The summed E-state index contributed by atoms with van der Waals surface area (Å²) < 4.78 is 93.0. The van der Waals surface area contributed by atoms with Crippen molar-refractivity contribution in [3.8, 4) is 5.75 Å². The van der Waals surface area contributed by atoms with Crippen molar-refractivity contribution in [2.45, 2.75) is 28.5 Å². The molecule has 0 atom stereocenters. The van der Waals surface area contributed by atoms with E-state index in [-0.39, 0.29) is 14.7 Å². The van der Waals surface area contributed by atoms with Crippen molar-refractivity contribution in [1.29, 1.82) is 0 Å². The molecule has 9 aromatic carbocycles. The third-order valence-electron chi connectivity index (χ3n) is 11.7. The molecule has 0 saturated heterocycles. The maximum atomic E-state index is 12.3. The Bertz CT molecular complexity index is 3420. The van der Waals surface area contributed by atoms with Gasteiger partial charge < -0.3 is 4.74 Å². The van der Waals surface area contributed by atoms with Crippen molar-refractivity contribution in [3.05, 3.63) is 248 Å². The molecule has 0 bridgehead atoms. The van der Waals surface area contributed by atoms with Crippen LogP contribution in [0.2, 0.25) is 0 Å². The van der Waals surface area contributed by atoms with Crippen molar-refractivity contribution in [2.75, 3.05) is 28.4 Å². The molecule has 390 valence electrons. The number of benzene rings is 9. The van der Waals surface area contributed by atoms with Crippen LogP contribution >= 0.6 is 23.8 Å². The maximum Gasteiger partial charge on any atom is 0.296 e. The van der Waals surface area contributed by atoms with Gasteiger partial charge in [-0.15, -0.1) is 0 Å². The zero-order valence-electron chi connectivity index (χ0n) is 42.7. The average Bonchev–Trinajstić information content (AvgIpc) is 3.45. The number of hydrogen-bond donors (Lipinski definition) is 0. The summed E-state index contributed by atoms with van der Waals surface area (Å²) in [5, 5.41) is 9.87. The van der Waals surface area contributed by atoms with Gasteiger partial charge in [0.2, 0.25) is 0 Å². The second-order valence-corrected chi connectivity index (χ2v) is 28.5. The second kappa shape index (κ2) is 26.7. The summed E-state index contributed by atoms with van der Waals surface area (Å²) >= 11 is 0. The lowest BCUT2D eigenvalue weighted by atomic mass is 10.2. The van der Waals surface area contributed by atoms with Crippen LogP contribution in [0.4, 0.5) is 0 Å². The predicted molar refractivity (Wildman–Crippen MR) is 314 cm³/mol. The molecular weight excluding hydrogens is 1070 g/mol. The van der Waals surface area contributed by atoms with Crippen LogP contribution in [-0.2, 0) is 42.9 Å². The fourth-order valence-corrected chi connectivity index (χ4v) is 17.6. The first-order valence-corrected chi connectivity index (χ1v) is 31.9. The quantitative estimate of drug-likeness (QED) is 0.0681. The smallest absolute Gasteiger partial charge is 0.296 e. The largest absolute Gasteiger partial charge is 0.496 e. The SMILES string of the molecule is COS(=O)(=O)c1cccc(P(c2cccc(S(=O)(=O)OC)c2)c2cccc(S(=O)(=O)OC)c2)c1.COc1ccc(P(c2ccccc2)c2ccccc2)cc1C.Cc1cccc(P(c2ccccc2)c2ccccc2)c1. The van der Waals surface area contributed by atoms with Gasteiger partial charge in [0.25, 0.3) is 30.4 Å². The Labute approximate surface area is 452 Å². The van der Waals surface area contributed by atoms with Gasteiger partial charge in [-0.2, -0.15) is 25.3 Å². The summed E-state index contributed by atoms with van der Waals surface area (Å²) in [6.07, 6.45) is 0. The Kier molecular flexibility index (Phi) is 20.2. The van der Waals surface area contributed by atoms with Crippen LogP contribution < -0.4 is 52.5 Å². The fourth-order valence-electron chi connectivity index (χ4n) is 8.04. The molecule has 0 amide bonds. The summed E-state index contributed by atoms with van der Waals surface area (Å²) in [6.45, 7) is 4.26. The summed E-state index contributed by atoms with van der Waals surface area (Å²) in [7, 11) is -9.79. The topological polar surface area (TPSA) is 139 Å². The van der Waals surface area contributed by atoms with E-state index < -0.39 is 54.1 Å². The van der Waals surface area contributed by atoms with Crippen molar-refractivity contribution in [3.63, 3.8) is 0 Å². The minimum Gasteiger partial charge on any atom is -0.496 e. The van der Waals surface area contributed by atoms with Crippen LogP contribution in [0.25, 0.3) is 0 Å². The van der Waals surface area contributed by atoms with Gasteiger partial charge in [-0.05, 0) is 139 Å². The number of rotatable bonds is 16. The van der Waals surface area contributed by atoms with Gasteiger partial charge in [-0.3, -0.25) is 12.5 Å². The van der Waals surface area contributed by atoms with Crippen LogP contribution in [0.5, 0.6) is 5.75 Å². The molecule has 16 heteroatoms. The minimum absolute atomic E-state index is 0.0960. The lowest BCUT2D eigenvalue weighted by molar-refractivity contribution is 0.397. The normalized spacial score (nSPS) is 11.6. The van der Waals surface area contributed by atoms with Crippen molar-refractivity contribution < 1.29 is 42.5 Å². The summed E-state index contributed by atoms with van der Waals surface area (Å²) in [4.78, 5) is -0.288.